The molecular formula is C18H14BrClN2O2. The van der Waals surface area contributed by atoms with Crippen molar-refractivity contribution in [2.24, 2.45) is 0 Å². The van der Waals surface area contributed by atoms with Crippen LogP contribution in [-0.4, -0.2) is 18.0 Å². The van der Waals surface area contributed by atoms with E-state index >= 15 is 0 Å². The van der Waals surface area contributed by atoms with E-state index in [1.165, 1.54) is 0 Å². The van der Waals surface area contributed by atoms with Gasteiger partial charge in [-0.2, -0.15) is 0 Å². The van der Waals surface area contributed by atoms with Gasteiger partial charge in [-0.15, -0.1) is 0 Å². The maximum absolute atomic E-state index is 12.6. The van der Waals surface area contributed by atoms with Gasteiger partial charge >= 0.3 is 0 Å². The number of ether oxygens (including phenoxy) is 1. The Morgan fingerprint density at radius 3 is 2.75 bits per heavy atom. The highest BCUT2D eigenvalue weighted by molar-refractivity contribution is 9.10. The second-order valence-electron chi connectivity index (χ2n) is 5.27. The van der Waals surface area contributed by atoms with E-state index in [0.29, 0.717) is 16.6 Å². The molecule has 0 fully saturated rings. The molecule has 0 aliphatic heterocycles. The summed E-state index contributed by atoms with van der Waals surface area (Å²) in [5.74, 6) is 0.230. The number of fused-ring (bicyclic) bond motifs is 1. The van der Waals surface area contributed by atoms with Crippen LogP contribution in [0.3, 0.4) is 0 Å². The summed E-state index contributed by atoms with van der Waals surface area (Å²) in [7, 11) is 1.56. The molecule has 0 radical (unpaired) electrons. The molecule has 0 saturated heterocycles. The number of aryl methyl sites for hydroxylation is 1. The number of carbonyl (C=O) groups excluding carboxylic acids is 1. The zero-order valence-electron chi connectivity index (χ0n) is 13.1. The molecule has 4 nitrogen and oxygen atoms in total. The van der Waals surface area contributed by atoms with E-state index in [9.17, 15) is 4.79 Å². The average Bonchev–Trinajstić information content (AvgIpc) is 2.56. The number of hydrogen-bond donors (Lipinski definition) is 1. The number of carbonyl (C=O) groups is 1. The molecule has 24 heavy (non-hydrogen) atoms. The van der Waals surface area contributed by atoms with Crippen LogP contribution in [0.1, 0.15) is 16.1 Å². The first-order valence-electron chi connectivity index (χ1n) is 7.20. The maximum atomic E-state index is 12.6. The zero-order valence-corrected chi connectivity index (χ0v) is 15.4. The van der Waals surface area contributed by atoms with Crippen LogP contribution in [0.2, 0.25) is 5.15 Å². The second kappa shape index (κ2) is 6.79. The van der Waals surface area contributed by atoms with Gasteiger partial charge in [0.1, 0.15) is 16.6 Å². The van der Waals surface area contributed by atoms with Gasteiger partial charge in [0.2, 0.25) is 0 Å². The first kappa shape index (κ1) is 16.7. The van der Waals surface area contributed by atoms with E-state index in [2.05, 4.69) is 26.2 Å². The summed E-state index contributed by atoms with van der Waals surface area (Å²) in [6, 6.07) is 13.0. The fraction of sp³-hybridized carbons (Fsp3) is 0.111. The van der Waals surface area contributed by atoms with Crippen LogP contribution in [0.15, 0.2) is 46.9 Å². The van der Waals surface area contributed by atoms with Gasteiger partial charge in [-0.1, -0.05) is 51.8 Å². The minimum atomic E-state index is -0.341. The number of hydrogen-bond acceptors (Lipinski definition) is 3. The fourth-order valence-corrected chi connectivity index (χ4v) is 3.30. The number of methoxy groups -OCH3 is 1. The highest BCUT2D eigenvalue weighted by Gasteiger charge is 2.15. The van der Waals surface area contributed by atoms with Crippen LogP contribution in [0.5, 0.6) is 5.75 Å². The summed E-state index contributed by atoms with van der Waals surface area (Å²) >= 11 is 9.61. The van der Waals surface area contributed by atoms with Gasteiger partial charge in [0, 0.05) is 9.86 Å². The van der Waals surface area contributed by atoms with Crippen LogP contribution in [0.4, 0.5) is 5.69 Å². The Morgan fingerprint density at radius 2 is 2.00 bits per heavy atom. The molecule has 0 aliphatic rings. The Labute approximate surface area is 152 Å². The van der Waals surface area contributed by atoms with Crippen LogP contribution >= 0.6 is 27.5 Å². The van der Waals surface area contributed by atoms with Crippen LogP contribution in [-0.2, 0) is 0 Å². The molecule has 6 heteroatoms. The number of nitrogens with one attached hydrogen (secondary N) is 1. The molecule has 1 amide bonds. The topological polar surface area (TPSA) is 51.2 Å². The van der Waals surface area contributed by atoms with E-state index in [1.54, 1.807) is 19.2 Å². The summed E-state index contributed by atoms with van der Waals surface area (Å²) in [6.07, 6.45) is 0. The normalized spacial score (nSPS) is 10.7. The summed E-state index contributed by atoms with van der Waals surface area (Å²) in [6.45, 7) is 1.89. The lowest BCUT2D eigenvalue weighted by Gasteiger charge is -2.14. The molecule has 0 unspecified atom stereocenters. The number of nitrogens with zero attached hydrogens (tertiary/aromatic N) is 1. The van der Waals surface area contributed by atoms with E-state index < -0.39 is 0 Å². The lowest BCUT2D eigenvalue weighted by atomic mass is 10.1. The largest absolute Gasteiger partial charge is 0.495 e. The molecule has 0 bridgehead atoms. The van der Waals surface area contributed by atoms with Gasteiger partial charge < -0.3 is 10.1 Å². The number of rotatable bonds is 3. The summed E-state index contributed by atoms with van der Waals surface area (Å²) < 4.78 is 6.22. The predicted molar refractivity (Wildman–Crippen MR) is 100 cm³/mol. The number of pyridine rings is 1. The minimum Gasteiger partial charge on any atom is -0.495 e. The van der Waals surface area contributed by atoms with Crippen LogP contribution < -0.4 is 10.1 Å². The molecule has 2 aromatic carbocycles. The van der Waals surface area contributed by atoms with Crippen molar-refractivity contribution >= 4 is 49.9 Å². The number of benzene rings is 2. The molecule has 3 aromatic rings. The molecule has 1 N–H and O–H groups in total. The van der Waals surface area contributed by atoms with E-state index in [-0.39, 0.29) is 11.6 Å². The Morgan fingerprint density at radius 1 is 1.25 bits per heavy atom. The SMILES string of the molecule is COc1cc(Br)cc(C)c1NC(=O)c1cc2ccccc2c(Cl)n1. The number of amides is 1. The van der Waals surface area contributed by atoms with Crippen molar-refractivity contribution in [3.05, 3.63) is 63.3 Å². The molecular weight excluding hydrogens is 392 g/mol. The lowest BCUT2D eigenvalue weighted by Crippen LogP contribution is -2.15. The Bertz CT molecular complexity index is 944. The molecule has 0 saturated carbocycles. The van der Waals surface area contributed by atoms with Gasteiger partial charge in [0.25, 0.3) is 5.91 Å². The van der Waals surface area contributed by atoms with Crippen molar-refractivity contribution in [2.45, 2.75) is 6.92 Å². The molecule has 0 atom stereocenters. The molecule has 122 valence electrons. The predicted octanol–water partition coefficient (Wildman–Crippen LogP) is 5.22. The van der Waals surface area contributed by atoms with E-state index in [0.717, 1.165) is 20.8 Å². The van der Waals surface area contributed by atoms with Gasteiger partial charge in [-0.05, 0) is 36.1 Å². The van der Waals surface area contributed by atoms with E-state index in [4.69, 9.17) is 16.3 Å². The molecule has 3 rings (SSSR count). The molecule has 0 spiro atoms. The average molecular weight is 406 g/mol. The summed E-state index contributed by atoms with van der Waals surface area (Å²) in [4.78, 5) is 16.8. The van der Waals surface area contributed by atoms with Gasteiger partial charge in [-0.25, -0.2) is 4.98 Å². The maximum Gasteiger partial charge on any atom is 0.274 e. The summed E-state index contributed by atoms with van der Waals surface area (Å²) in [5, 5.41) is 4.84. The van der Waals surface area contributed by atoms with Crippen LogP contribution in [0.25, 0.3) is 10.8 Å². The quantitative estimate of drug-likeness (QED) is 0.608. The zero-order chi connectivity index (χ0) is 17.3. The molecule has 1 aromatic heterocycles. The van der Waals surface area contributed by atoms with Crippen molar-refractivity contribution in [1.29, 1.82) is 0 Å². The van der Waals surface area contributed by atoms with E-state index in [1.807, 2.05) is 37.3 Å². The standard InChI is InChI=1S/C18H14BrClN2O2/c1-10-7-12(19)9-15(24-2)16(10)22-18(23)14-8-11-5-3-4-6-13(11)17(20)21-14/h3-9H,1-2H3,(H,22,23). The van der Waals surface area contributed by atoms with Crippen molar-refractivity contribution in [3.8, 4) is 5.75 Å². The van der Waals surface area contributed by atoms with Crippen molar-refractivity contribution in [1.82, 2.24) is 4.98 Å². The third kappa shape index (κ3) is 3.23. The second-order valence-corrected chi connectivity index (χ2v) is 6.55. The Kier molecular flexibility index (Phi) is 4.73. The fourth-order valence-electron chi connectivity index (χ4n) is 2.48. The number of anilines is 1. The van der Waals surface area contributed by atoms with Crippen molar-refractivity contribution in [3.63, 3.8) is 0 Å². The number of halogens is 2. The third-order valence-corrected chi connectivity index (χ3v) is 4.40. The van der Waals surface area contributed by atoms with Crippen molar-refractivity contribution < 1.29 is 9.53 Å². The lowest BCUT2D eigenvalue weighted by molar-refractivity contribution is 0.102. The summed E-state index contributed by atoms with van der Waals surface area (Å²) in [5.41, 5.74) is 1.74. The number of aromatic nitrogens is 1. The first-order valence-corrected chi connectivity index (χ1v) is 8.37. The van der Waals surface area contributed by atoms with Gasteiger partial charge in [-0.3, -0.25) is 4.79 Å². The monoisotopic (exact) mass is 404 g/mol. The first-order chi connectivity index (χ1) is 11.5. The minimum absolute atomic E-state index is 0.253. The van der Waals surface area contributed by atoms with Crippen LogP contribution in [0, 0.1) is 6.92 Å². The van der Waals surface area contributed by atoms with Gasteiger partial charge in [0.05, 0.1) is 12.8 Å². The smallest absolute Gasteiger partial charge is 0.274 e. The Balaban J connectivity index is 1.99. The Hall–Kier alpha value is -2.11. The molecule has 1 heterocycles. The highest BCUT2D eigenvalue weighted by Crippen LogP contribution is 2.32. The highest BCUT2D eigenvalue weighted by atomic mass is 79.9. The third-order valence-electron chi connectivity index (χ3n) is 3.65. The van der Waals surface area contributed by atoms with Crippen molar-refractivity contribution in [2.75, 3.05) is 12.4 Å². The van der Waals surface area contributed by atoms with Gasteiger partial charge in [0.15, 0.2) is 0 Å². The molecule has 0 aliphatic carbocycles.